The number of ether oxygens (including phenoxy) is 1. The van der Waals surface area contributed by atoms with E-state index in [1.807, 2.05) is 12.1 Å². The molecule has 0 amide bonds. The van der Waals surface area contributed by atoms with E-state index in [0.717, 1.165) is 18.8 Å². The lowest BCUT2D eigenvalue weighted by molar-refractivity contribution is 0.0697. The first kappa shape index (κ1) is 12.5. The quantitative estimate of drug-likeness (QED) is 0.799. The van der Waals surface area contributed by atoms with Crippen molar-refractivity contribution >= 4 is 11.7 Å². The molecule has 0 atom stereocenters. The Morgan fingerprint density at radius 3 is 2.44 bits per heavy atom. The second-order valence-electron chi connectivity index (χ2n) is 3.42. The standard InChI is InChI=1S/C12H17NO3/c1-3-13(8-9-16-2)11-6-4-10(5-7-11)12(14)15/h4-7H,3,8-9H2,1-2H3,(H,14,15). The number of aromatic carboxylic acids is 1. The molecule has 1 N–H and O–H groups in total. The Morgan fingerprint density at radius 1 is 1.38 bits per heavy atom. The van der Waals surface area contributed by atoms with Crippen LogP contribution in [-0.4, -0.2) is 37.9 Å². The fraction of sp³-hybridized carbons (Fsp3) is 0.417. The number of nitrogens with zero attached hydrogens (tertiary/aromatic N) is 1. The monoisotopic (exact) mass is 223 g/mol. The van der Waals surface area contributed by atoms with Crippen molar-refractivity contribution in [2.24, 2.45) is 0 Å². The number of carboxylic acid groups (broad SMARTS) is 1. The Morgan fingerprint density at radius 2 is 2.00 bits per heavy atom. The van der Waals surface area contributed by atoms with Crippen molar-refractivity contribution in [3.8, 4) is 0 Å². The lowest BCUT2D eigenvalue weighted by Crippen LogP contribution is -2.26. The zero-order valence-corrected chi connectivity index (χ0v) is 9.64. The van der Waals surface area contributed by atoms with Crippen LogP contribution in [0.3, 0.4) is 0 Å². The highest BCUT2D eigenvalue weighted by Gasteiger charge is 2.06. The van der Waals surface area contributed by atoms with Gasteiger partial charge in [0.1, 0.15) is 0 Å². The summed E-state index contributed by atoms with van der Waals surface area (Å²) in [5, 5.41) is 8.78. The van der Waals surface area contributed by atoms with E-state index >= 15 is 0 Å². The zero-order valence-electron chi connectivity index (χ0n) is 9.64. The van der Waals surface area contributed by atoms with Crippen molar-refractivity contribution in [2.45, 2.75) is 6.92 Å². The van der Waals surface area contributed by atoms with Crippen molar-refractivity contribution in [2.75, 3.05) is 31.7 Å². The Hall–Kier alpha value is -1.55. The van der Waals surface area contributed by atoms with Crippen LogP contribution in [0.2, 0.25) is 0 Å². The molecule has 1 aromatic carbocycles. The van der Waals surface area contributed by atoms with Crippen LogP contribution in [0.25, 0.3) is 0 Å². The molecule has 0 heterocycles. The highest BCUT2D eigenvalue weighted by atomic mass is 16.5. The van der Waals surface area contributed by atoms with Crippen LogP contribution >= 0.6 is 0 Å². The summed E-state index contributed by atoms with van der Waals surface area (Å²) < 4.78 is 5.02. The molecule has 4 nitrogen and oxygen atoms in total. The van der Waals surface area contributed by atoms with Crippen molar-refractivity contribution in [1.82, 2.24) is 0 Å². The summed E-state index contributed by atoms with van der Waals surface area (Å²) in [6.45, 7) is 4.39. The number of carboxylic acids is 1. The highest BCUT2D eigenvalue weighted by Crippen LogP contribution is 2.14. The number of hydrogen-bond acceptors (Lipinski definition) is 3. The van der Waals surface area contributed by atoms with E-state index in [1.54, 1.807) is 19.2 Å². The summed E-state index contributed by atoms with van der Waals surface area (Å²) in [6.07, 6.45) is 0. The predicted molar refractivity (Wildman–Crippen MR) is 63.2 cm³/mol. The van der Waals surface area contributed by atoms with E-state index in [0.29, 0.717) is 12.2 Å². The Kier molecular flexibility index (Phi) is 4.79. The molecule has 0 saturated heterocycles. The molecule has 0 saturated carbocycles. The summed E-state index contributed by atoms with van der Waals surface area (Å²) in [6, 6.07) is 6.88. The second kappa shape index (κ2) is 6.12. The molecule has 4 heteroatoms. The van der Waals surface area contributed by atoms with Crippen LogP contribution in [0.4, 0.5) is 5.69 Å². The van der Waals surface area contributed by atoms with E-state index in [2.05, 4.69) is 11.8 Å². The van der Waals surface area contributed by atoms with Crippen LogP contribution < -0.4 is 4.90 Å². The van der Waals surface area contributed by atoms with Gasteiger partial charge in [0.15, 0.2) is 0 Å². The highest BCUT2D eigenvalue weighted by molar-refractivity contribution is 5.88. The molecule has 0 spiro atoms. The minimum absolute atomic E-state index is 0.312. The van der Waals surface area contributed by atoms with E-state index in [-0.39, 0.29) is 0 Å². The molecule has 0 radical (unpaired) electrons. The van der Waals surface area contributed by atoms with Gasteiger partial charge in [-0.15, -0.1) is 0 Å². The predicted octanol–water partition coefficient (Wildman–Crippen LogP) is 1.86. The number of benzene rings is 1. The number of rotatable bonds is 6. The SMILES string of the molecule is CCN(CCOC)c1ccc(C(=O)O)cc1. The first-order valence-corrected chi connectivity index (χ1v) is 5.26. The Labute approximate surface area is 95.5 Å². The van der Waals surface area contributed by atoms with Crippen LogP contribution in [-0.2, 0) is 4.74 Å². The third-order valence-electron chi connectivity index (χ3n) is 2.43. The van der Waals surface area contributed by atoms with E-state index in [4.69, 9.17) is 9.84 Å². The Balaban J connectivity index is 2.74. The van der Waals surface area contributed by atoms with Crippen molar-refractivity contribution in [3.63, 3.8) is 0 Å². The van der Waals surface area contributed by atoms with Crippen LogP contribution in [0.15, 0.2) is 24.3 Å². The van der Waals surface area contributed by atoms with E-state index in [9.17, 15) is 4.79 Å². The van der Waals surface area contributed by atoms with Crippen molar-refractivity contribution in [3.05, 3.63) is 29.8 Å². The lowest BCUT2D eigenvalue weighted by Gasteiger charge is -2.22. The molecule has 0 aliphatic rings. The molecule has 0 bridgehead atoms. The smallest absolute Gasteiger partial charge is 0.335 e. The van der Waals surface area contributed by atoms with Gasteiger partial charge in [0.2, 0.25) is 0 Å². The molecule has 0 fully saturated rings. The maximum absolute atomic E-state index is 10.7. The number of methoxy groups -OCH3 is 1. The fourth-order valence-electron chi connectivity index (χ4n) is 1.49. The fourth-order valence-corrected chi connectivity index (χ4v) is 1.49. The van der Waals surface area contributed by atoms with Gasteiger partial charge in [-0.3, -0.25) is 0 Å². The minimum atomic E-state index is -0.897. The van der Waals surface area contributed by atoms with E-state index in [1.165, 1.54) is 0 Å². The number of anilines is 1. The third-order valence-corrected chi connectivity index (χ3v) is 2.43. The van der Waals surface area contributed by atoms with Crippen molar-refractivity contribution in [1.29, 1.82) is 0 Å². The van der Waals surface area contributed by atoms with Gasteiger partial charge in [-0.05, 0) is 31.2 Å². The average molecular weight is 223 g/mol. The average Bonchev–Trinajstić information content (AvgIpc) is 2.30. The molecule has 0 aliphatic heterocycles. The summed E-state index contributed by atoms with van der Waals surface area (Å²) >= 11 is 0. The largest absolute Gasteiger partial charge is 0.478 e. The molecule has 1 rings (SSSR count). The molecular formula is C12H17NO3. The molecule has 0 aliphatic carbocycles. The summed E-state index contributed by atoms with van der Waals surface area (Å²) in [5.41, 5.74) is 1.33. The van der Waals surface area contributed by atoms with Crippen LogP contribution in [0.1, 0.15) is 17.3 Å². The first-order chi connectivity index (χ1) is 7.69. The first-order valence-electron chi connectivity index (χ1n) is 5.26. The maximum Gasteiger partial charge on any atom is 0.335 e. The molecule has 88 valence electrons. The van der Waals surface area contributed by atoms with Crippen LogP contribution in [0, 0.1) is 0 Å². The van der Waals surface area contributed by atoms with Crippen molar-refractivity contribution < 1.29 is 14.6 Å². The van der Waals surface area contributed by atoms with Gasteiger partial charge >= 0.3 is 5.97 Å². The minimum Gasteiger partial charge on any atom is -0.478 e. The van der Waals surface area contributed by atoms with Gasteiger partial charge in [0.25, 0.3) is 0 Å². The normalized spacial score (nSPS) is 10.1. The van der Waals surface area contributed by atoms with Gasteiger partial charge in [-0.2, -0.15) is 0 Å². The molecule has 1 aromatic rings. The van der Waals surface area contributed by atoms with Gasteiger partial charge in [-0.25, -0.2) is 4.79 Å². The van der Waals surface area contributed by atoms with Gasteiger partial charge in [-0.1, -0.05) is 0 Å². The molecule has 0 unspecified atom stereocenters. The van der Waals surface area contributed by atoms with Gasteiger partial charge in [0, 0.05) is 25.9 Å². The molecule has 0 aromatic heterocycles. The van der Waals surface area contributed by atoms with E-state index < -0.39 is 5.97 Å². The van der Waals surface area contributed by atoms with Gasteiger partial charge < -0.3 is 14.7 Å². The second-order valence-corrected chi connectivity index (χ2v) is 3.42. The third kappa shape index (κ3) is 3.24. The summed E-state index contributed by atoms with van der Waals surface area (Å²) in [5.74, 6) is -0.897. The number of carbonyl (C=O) groups is 1. The maximum atomic E-state index is 10.7. The van der Waals surface area contributed by atoms with Gasteiger partial charge in [0.05, 0.1) is 12.2 Å². The Bertz CT molecular complexity index is 335. The number of likely N-dealkylation sites (N-methyl/N-ethyl adjacent to an activating group) is 1. The molecule has 16 heavy (non-hydrogen) atoms. The summed E-state index contributed by atoms with van der Waals surface area (Å²) in [4.78, 5) is 12.8. The number of hydrogen-bond donors (Lipinski definition) is 1. The topological polar surface area (TPSA) is 49.8 Å². The summed E-state index contributed by atoms with van der Waals surface area (Å²) in [7, 11) is 1.67. The zero-order chi connectivity index (χ0) is 12.0. The lowest BCUT2D eigenvalue weighted by atomic mass is 10.2. The van der Waals surface area contributed by atoms with Crippen LogP contribution in [0.5, 0.6) is 0 Å². The molecular weight excluding hydrogens is 206 g/mol.